The van der Waals surface area contributed by atoms with Gasteiger partial charge in [-0.15, -0.1) is 11.8 Å². The van der Waals surface area contributed by atoms with Gasteiger partial charge in [0.15, 0.2) is 0 Å². The Labute approximate surface area is 180 Å². The SMILES string of the molecule is C(=Nc1cccc2c1SCCN2)c1cccc(OCc2ccc3ccccc3n2)c1. The van der Waals surface area contributed by atoms with Gasteiger partial charge in [-0.3, -0.25) is 4.99 Å². The molecule has 0 radical (unpaired) electrons. The van der Waals surface area contributed by atoms with Crippen LogP contribution in [0.3, 0.4) is 0 Å². The third-order valence-corrected chi connectivity index (χ3v) is 6.04. The molecular weight excluding hydrogens is 390 g/mol. The lowest BCUT2D eigenvalue weighted by Gasteiger charge is -2.18. The highest BCUT2D eigenvalue weighted by atomic mass is 32.2. The fraction of sp³-hybridized carbons (Fsp3) is 0.120. The number of hydrogen-bond donors (Lipinski definition) is 1. The Balaban J connectivity index is 1.30. The summed E-state index contributed by atoms with van der Waals surface area (Å²) < 4.78 is 5.99. The van der Waals surface area contributed by atoms with Crippen LogP contribution in [0.4, 0.5) is 11.4 Å². The van der Waals surface area contributed by atoms with Crippen molar-refractivity contribution in [1.29, 1.82) is 0 Å². The Morgan fingerprint density at radius 1 is 1.00 bits per heavy atom. The molecule has 4 aromatic rings. The molecule has 1 aliphatic rings. The normalized spacial score (nSPS) is 13.2. The van der Waals surface area contributed by atoms with Crippen LogP contribution in [-0.4, -0.2) is 23.5 Å². The molecule has 0 spiro atoms. The van der Waals surface area contributed by atoms with Crippen LogP contribution in [0.2, 0.25) is 0 Å². The van der Waals surface area contributed by atoms with E-state index in [1.54, 1.807) is 0 Å². The molecule has 1 N–H and O–H groups in total. The van der Waals surface area contributed by atoms with E-state index in [1.807, 2.05) is 72.6 Å². The van der Waals surface area contributed by atoms with E-state index in [1.165, 1.54) is 10.6 Å². The predicted molar refractivity (Wildman–Crippen MR) is 125 cm³/mol. The zero-order valence-electron chi connectivity index (χ0n) is 16.4. The van der Waals surface area contributed by atoms with E-state index >= 15 is 0 Å². The highest BCUT2D eigenvalue weighted by molar-refractivity contribution is 7.99. The molecule has 148 valence electrons. The molecule has 0 fully saturated rings. The van der Waals surface area contributed by atoms with Crippen LogP contribution >= 0.6 is 11.8 Å². The average Bonchev–Trinajstić information content (AvgIpc) is 2.81. The molecule has 0 unspecified atom stereocenters. The summed E-state index contributed by atoms with van der Waals surface area (Å²) >= 11 is 1.85. The van der Waals surface area contributed by atoms with E-state index in [9.17, 15) is 0 Å². The number of rotatable bonds is 5. The molecule has 3 aromatic carbocycles. The van der Waals surface area contributed by atoms with Crippen LogP contribution in [0.15, 0.2) is 88.8 Å². The number of anilines is 1. The van der Waals surface area contributed by atoms with Crippen molar-refractivity contribution >= 4 is 40.3 Å². The van der Waals surface area contributed by atoms with Crippen molar-refractivity contribution < 1.29 is 4.74 Å². The summed E-state index contributed by atoms with van der Waals surface area (Å²) in [5.41, 5.74) is 5.06. The van der Waals surface area contributed by atoms with Crippen molar-refractivity contribution in [3.63, 3.8) is 0 Å². The van der Waals surface area contributed by atoms with Gasteiger partial charge in [0.2, 0.25) is 0 Å². The molecule has 30 heavy (non-hydrogen) atoms. The van der Waals surface area contributed by atoms with Gasteiger partial charge in [0.25, 0.3) is 0 Å². The first-order valence-corrected chi connectivity index (χ1v) is 10.9. The van der Waals surface area contributed by atoms with Gasteiger partial charge >= 0.3 is 0 Å². The zero-order valence-corrected chi connectivity index (χ0v) is 17.2. The smallest absolute Gasteiger partial charge is 0.130 e. The lowest BCUT2D eigenvalue weighted by molar-refractivity contribution is 0.302. The Morgan fingerprint density at radius 3 is 2.93 bits per heavy atom. The van der Waals surface area contributed by atoms with E-state index in [0.717, 1.165) is 45.9 Å². The van der Waals surface area contributed by atoms with E-state index in [4.69, 9.17) is 9.73 Å². The first-order chi connectivity index (χ1) is 14.8. The third-order valence-electron chi connectivity index (χ3n) is 4.91. The highest BCUT2D eigenvalue weighted by Crippen LogP contribution is 2.38. The number of fused-ring (bicyclic) bond motifs is 2. The summed E-state index contributed by atoms with van der Waals surface area (Å²) in [4.78, 5) is 10.6. The molecule has 1 aromatic heterocycles. The van der Waals surface area contributed by atoms with Gasteiger partial charge < -0.3 is 10.1 Å². The van der Waals surface area contributed by atoms with Gasteiger partial charge in [-0.1, -0.05) is 42.5 Å². The number of thioether (sulfide) groups is 1. The number of para-hydroxylation sites is 1. The van der Waals surface area contributed by atoms with Gasteiger partial charge in [-0.25, -0.2) is 4.98 Å². The molecule has 0 amide bonds. The van der Waals surface area contributed by atoms with Crippen molar-refractivity contribution in [2.24, 2.45) is 4.99 Å². The van der Waals surface area contributed by atoms with Gasteiger partial charge in [0.1, 0.15) is 12.4 Å². The summed E-state index contributed by atoms with van der Waals surface area (Å²) in [5.74, 6) is 1.87. The van der Waals surface area contributed by atoms with Gasteiger partial charge in [-0.2, -0.15) is 0 Å². The molecule has 5 heteroatoms. The highest BCUT2D eigenvalue weighted by Gasteiger charge is 2.12. The Morgan fingerprint density at radius 2 is 1.93 bits per heavy atom. The molecule has 1 aliphatic heterocycles. The Bertz CT molecular complexity index is 1220. The summed E-state index contributed by atoms with van der Waals surface area (Å²) in [6.07, 6.45) is 1.89. The Hall–Kier alpha value is -3.31. The summed E-state index contributed by atoms with van der Waals surface area (Å²) in [5, 5.41) is 4.57. The van der Waals surface area contributed by atoms with E-state index in [0.29, 0.717) is 6.61 Å². The first-order valence-electron chi connectivity index (χ1n) is 9.96. The third kappa shape index (κ3) is 4.16. The number of ether oxygens (including phenoxy) is 1. The van der Waals surface area contributed by atoms with Crippen LogP contribution < -0.4 is 10.1 Å². The number of nitrogens with zero attached hydrogens (tertiary/aromatic N) is 2. The predicted octanol–water partition coefficient (Wildman–Crippen LogP) is 6.08. The molecule has 0 saturated heterocycles. The molecular formula is C25H21N3OS. The van der Waals surface area contributed by atoms with Crippen LogP contribution in [-0.2, 0) is 6.61 Å². The number of hydrogen-bond acceptors (Lipinski definition) is 5. The first kappa shape index (κ1) is 18.7. The fourth-order valence-corrected chi connectivity index (χ4v) is 4.40. The van der Waals surface area contributed by atoms with E-state index < -0.39 is 0 Å². The van der Waals surface area contributed by atoms with Crippen LogP contribution in [0.5, 0.6) is 5.75 Å². The van der Waals surface area contributed by atoms with Crippen molar-refractivity contribution in [2.45, 2.75) is 11.5 Å². The van der Waals surface area contributed by atoms with Crippen LogP contribution in [0.25, 0.3) is 10.9 Å². The summed E-state index contributed by atoms with van der Waals surface area (Å²) in [7, 11) is 0. The van der Waals surface area contributed by atoms with E-state index in [-0.39, 0.29) is 0 Å². The summed E-state index contributed by atoms with van der Waals surface area (Å²) in [6.45, 7) is 1.43. The second kappa shape index (κ2) is 8.59. The van der Waals surface area contributed by atoms with Crippen molar-refractivity contribution in [3.8, 4) is 5.75 Å². The van der Waals surface area contributed by atoms with Crippen molar-refractivity contribution in [3.05, 3.63) is 90.1 Å². The second-order valence-electron chi connectivity index (χ2n) is 7.04. The number of aromatic nitrogens is 1. The minimum atomic E-state index is 0.430. The average molecular weight is 412 g/mol. The summed E-state index contributed by atoms with van der Waals surface area (Å²) in [6, 6.07) is 26.4. The minimum absolute atomic E-state index is 0.430. The maximum atomic E-state index is 5.99. The van der Waals surface area contributed by atoms with Crippen molar-refractivity contribution in [1.82, 2.24) is 4.98 Å². The number of aliphatic imine (C=N–C) groups is 1. The second-order valence-corrected chi connectivity index (χ2v) is 8.15. The quantitative estimate of drug-likeness (QED) is 0.404. The molecule has 5 rings (SSSR count). The maximum Gasteiger partial charge on any atom is 0.130 e. The molecule has 2 heterocycles. The van der Waals surface area contributed by atoms with Crippen LogP contribution in [0, 0.1) is 0 Å². The number of pyridine rings is 1. The topological polar surface area (TPSA) is 46.5 Å². The van der Waals surface area contributed by atoms with Crippen LogP contribution in [0.1, 0.15) is 11.3 Å². The molecule has 0 saturated carbocycles. The van der Waals surface area contributed by atoms with Gasteiger partial charge in [0, 0.05) is 23.9 Å². The lowest BCUT2D eigenvalue weighted by Crippen LogP contribution is -2.09. The number of benzene rings is 3. The maximum absolute atomic E-state index is 5.99. The monoisotopic (exact) mass is 411 g/mol. The zero-order chi connectivity index (χ0) is 20.2. The van der Waals surface area contributed by atoms with E-state index in [2.05, 4.69) is 34.6 Å². The molecule has 0 aliphatic carbocycles. The Kier molecular flexibility index (Phi) is 5.36. The van der Waals surface area contributed by atoms with Gasteiger partial charge in [0.05, 0.1) is 27.5 Å². The van der Waals surface area contributed by atoms with Crippen molar-refractivity contribution in [2.75, 3.05) is 17.6 Å². The minimum Gasteiger partial charge on any atom is -0.487 e. The fourth-order valence-electron chi connectivity index (χ4n) is 3.43. The molecule has 0 bridgehead atoms. The number of nitrogens with one attached hydrogen (secondary N) is 1. The molecule has 4 nitrogen and oxygen atoms in total. The molecule has 0 atom stereocenters. The van der Waals surface area contributed by atoms with Gasteiger partial charge in [-0.05, 0) is 42.0 Å². The standard InChI is InChI=1S/C25H21N3OS/c1-2-8-22-19(6-1)11-12-20(28-22)17-29-21-7-3-5-18(15-21)16-27-24-10-4-9-23-25(24)30-14-13-26-23/h1-12,15-16,26H,13-14,17H2. The lowest BCUT2D eigenvalue weighted by atomic mass is 10.2. The largest absolute Gasteiger partial charge is 0.487 e.